The Labute approximate surface area is 151 Å². The van der Waals surface area contributed by atoms with Crippen molar-refractivity contribution >= 4 is 23.7 Å². The molecule has 0 bridgehead atoms. The molecule has 25 heavy (non-hydrogen) atoms. The molecule has 0 aromatic heterocycles. The van der Waals surface area contributed by atoms with Gasteiger partial charge in [-0.2, -0.15) is 0 Å². The second-order valence-electron chi connectivity index (χ2n) is 5.02. The topological polar surface area (TPSA) is 69.1 Å². The molecule has 7 heteroatoms. The summed E-state index contributed by atoms with van der Waals surface area (Å²) in [6.45, 7) is 0.180. The molecule has 1 N–H and O–H groups in total. The molecule has 0 atom stereocenters. The molecule has 6 nitrogen and oxygen atoms in total. The van der Waals surface area contributed by atoms with Crippen LogP contribution < -0.4 is 14.8 Å². The van der Waals surface area contributed by atoms with Gasteiger partial charge in [0.1, 0.15) is 11.5 Å². The quantitative estimate of drug-likeness (QED) is 0.579. The van der Waals surface area contributed by atoms with Crippen LogP contribution in [0.4, 0.5) is 0 Å². The van der Waals surface area contributed by atoms with E-state index in [1.165, 1.54) is 6.21 Å². The first-order valence-electron chi connectivity index (χ1n) is 7.51. The van der Waals surface area contributed by atoms with Crippen LogP contribution in [0.5, 0.6) is 11.5 Å². The lowest BCUT2D eigenvalue weighted by Crippen LogP contribution is -2.26. The first-order chi connectivity index (χ1) is 12.1. The second kappa shape index (κ2) is 9.54. The number of carbonyl (C=O) groups excluding carboxylic acids is 1. The minimum absolute atomic E-state index is 0.191. The zero-order valence-corrected chi connectivity index (χ0v) is 14.7. The Morgan fingerprint density at radius 2 is 2.04 bits per heavy atom. The van der Waals surface area contributed by atoms with Crippen LogP contribution in [0.15, 0.2) is 47.6 Å². The number of oxime groups is 1. The summed E-state index contributed by atoms with van der Waals surface area (Å²) in [6.07, 6.45) is 1.46. The molecular weight excluding hydrogens is 344 g/mol. The van der Waals surface area contributed by atoms with E-state index < -0.39 is 0 Å². The van der Waals surface area contributed by atoms with Gasteiger partial charge >= 0.3 is 0 Å². The molecule has 0 saturated heterocycles. The predicted octanol–water partition coefficient (Wildman–Crippen LogP) is 3.02. The van der Waals surface area contributed by atoms with Gasteiger partial charge in [-0.15, -0.1) is 0 Å². The van der Waals surface area contributed by atoms with Crippen LogP contribution in [0, 0.1) is 0 Å². The maximum Gasteiger partial charge on any atom is 0.261 e. The molecule has 2 aromatic carbocycles. The molecule has 0 aliphatic heterocycles. The van der Waals surface area contributed by atoms with E-state index in [2.05, 4.69) is 10.5 Å². The van der Waals surface area contributed by atoms with Gasteiger partial charge in [0.05, 0.1) is 20.4 Å². The van der Waals surface area contributed by atoms with Gasteiger partial charge in [0.25, 0.3) is 5.91 Å². The molecule has 0 radical (unpaired) electrons. The minimum atomic E-state index is -0.283. The van der Waals surface area contributed by atoms with E-state index in [0.717, 1.165) is 5.56 Å². The summed E-state index contributed by atoms with van der Waals surface area (Å²) in [6, 6.07) is 12.6. The van der Waals surface area contributed by atoms with Crippen molar-refractivity contribution in [1.29, 1.82) is 0 Å². The summed E-state index contributed by atoms with van der Waals surface area (Å²) in [5, 5.41) is 7.14. The van der Waals surface area contributed by atoms with Gasteiger partial charge in [0, 0.05) is 17.1 Å². The fourth-order valence-corrected chi connectivity index (χ4v) is 2.24. The highest BCUT2D eigenvalue weighted by atomic mass is 35.5. The average molecular weight is 363 g/mol. The van der Waals surface area contributed by atoms with Crippen molar-refractivity contribution < 1.29 is 19.1 Å². The van der Waals surface area contributed by atoms with Gasteiger partial charge in [-0.1, -0.05) is 28.9 Å². The van der Waals surface area contributed by atoms with Crippen LogP contribution in [-0.2, 0) is 16.2 Å². The van der Waals surface area contributed by atoms with Gasteiger partial charge in [-0.3, -0.25) is 4.79 Å². The number of nitrogens with zero attached hydrogens (tertiary/aromatic N) is 1. The number of rotatable bonds is 8. The average Bonchev–Trinajstić information content (AvgIpc) is 2.63. The van der Waals surface area contributed by atoms with Crippen LogP contribution in [0.2, 0.25) is 5.02 Å². The largest absolute Gasteiger partial charge is 0.497 e. The van der Waals surface area contributed by atoms with Crippen LogP contribution in [0.3, 0.4) is 0 Å². The van der Waals surface area contributed by atoms with E-state index in [-0.39, 0.29) is 12.5 Å². The van der Waals surface area contributed by atoms with Crippen LogP contribution >= 0.6 is 11.6 Å². The standard InChI is InChI=1S/C18H19ClN2O4/c1-23-16-6-7-17(24-2)14(9-16)11-21-25-12-18(22)20-10-13-4-3-5-15(19)8-13/h3-9,11H,10,12H2,1-2H3,(H,20,22)/b21-11-. The number of halogens is 1. The molecule has 0 aliphatic rings. The summed E-state index contributed by atoms with van der Waals surface area (Å²) < 4.78 is 10.4. The number of carbonyl (C=O) groups is 1. The molecule has 2 rings (SSSR count). The number of hydrogen-bond donors (Lipinski definition) is 1. The maximum atomic E-state index is 11.7. The van der Waals surface area contributed by atoms with E-state index in [4.69, 9.17) is 25.9 Å². The lowest BCUT2D eigenvalue weighted by molar-refractivity contribution is -0.125. The number of hydrogen-bond acceptors (Lipinski definition) is 5. The molecule has 0 heterocycles. The van der Waals surface area contributed by atoms with E-state index in [9.17, 15) is 4.79 Å². The van der Waals surface area contributed by atoms with Crippen molar-refractivity contribution in [1.82, 2.24) is 5.32 Å². The Hall–Kier alpha value is -2.73. The third-order valence-electron chi connectivity index (χ3n) is 3.28. The smallest absolute Gasteiger partial charge is 0.261 e. The van der Waals surface area contributed by atoms with Gasteiger partial charge in [0.2, 0.25) is 0 Å². The van der Waals surface area contributed by atoms with E-state index >= 15 is 0 Å². The molecule has 0 fully saturated rings. The number of ether oxygens (including phenoxy) is 2. The molecular formula is C18H19ClN2O4. The number of nitrogens with one attached hydrogen (secondary N) is 1. The minimum Gasteiger partial charge on any atom is -0.497 e. The van der Waals surface area contributed by atoms with Crippen molar-refractivity contribution in [2.75, 3.05) is 20.8 Å². The monoisotopic (exact) mass is 362 g/mol. The lowest BCUT2D eigenvalue weighted by Gasteiger charge is -2.07. The van der Waals surface area contributed by atoms with E-state index in [1.54, 1.807) is 44.6 Å². The van der Waals surface area contributed by atoms with Crippen molar-refractivity contribution in [2.45, 2.75) is 6.54 Å². The summed E-state index contributed by atoms with van der Waals surface area (Å²) in [5.41, 5.74) is 1.59. The normalized spacial score (nSPS) is 10.5. The number of methoxy groups -OCH3 is 2. The lowest BCUT2D eigenvalue weighted by atomic mass is 10.2. The van der Waals surface area contributed by atoms with Gasteiger partial charge in [-0.25, -0.2) is 0 Å². The Kier molecular flexibility index (Phi) is 7.10. The summed E-state index contributed by atoms with van der Waals surface area (Å²) >= 11 is 5.89. The fourth-order valence-electron chi connectivity index (χ4n) is 2.03. The van der Waals surface area contributed by atoms with Crippen molar-refractivity contribution in [3.05, 3.63) is 58.6 Å². The van der Waals surface area contributed by atoms with Crippen molar-refractivity contribution in [2.24, 2.45) is 5.16 Å². The number of amides is 1. The zero-order valence-electron chi connectivity index (χ0n) is 14.0. The first kappa shape index (κ1) is 18.6. The Bertz CT molecular complexity index is 750. The zero-order chi connectivity index (χ0) is 18.1. The highest BCUT2D eigenvalue weighted by molar-refractivity contribution is 6.30. The molecule has 0 saturated carbocycles. The molecule has 0 unspecified atom stereocenters. The highest BCUT2D eigenvalue weighted by Gasteiger charge is 2.04. The predicted molar refractivity (Wildman–Crippen MR) is 96.4 cm³/mol. The van der Waals surface area contributed by atoms with E-state index in [0.29, 0.717) is 28.6 Å². The van der Waals surface area contributed by atoms with Crippen molar-refractivity contribution in [3.8, 4) is 11.5 Å². The fraction of sp³-hybridized carbons (Fsp3) is 0.222. The van der Waals surface area contributed by atoms with Crippen LogP contribution in [0.25, 0.3) is 0 Å². The SMILES string of the molecule is COc1ccc(OC)c(/C=N\OCC(=O)NCc2cccc(Cl)c2)c1. The van der Waals surface area contributed by atoms with Crippen molar-refractivity contribution in [3.63, 3.8) is 0 Å². The Balaban J connectivity index is 1.81. The maximum absolute atomic E-state index is 11.7. The molecule has 2 aromatic rings. The first-order valence-corrected chi connectivity index (χ1v) is 7.88. The second-order valence-corrected chi connectivity index (χ2v) is 5.46. The Morgan fingerprint density at radius 1 is 1.20 bits per heavy atom. The highest BCUT2D eigenvalue weighted by Crippen LogP contribution is 2.22. The molecule has 0 spiro atoms. The van der Waals surface area contributed by atoms with E-state index in [1.807, 2.05) is 12.1 Å². The Morgan fingerprint density at radius 3 is 2.76 bits per heavy atom. The summed E-state index contributed by atoms with van der Waals surface area (Å²) in [4.78, 5) is 16.8. The third kappa shape index (κ3) is 6.00. The van der Waals surface area contributed by atoms with Gasteiger partial charge < -0.3 is 19.6 Å². The molecule has 0 aliphatic carbocycles. The molecule has 132 valence electrons. The summed E-state index contributed by atoms with van der Waals surface area (Å²) in [7, 11) is 3.13. The molecule has 1 amide bonds. The van der Waals surface area contributed by atoms with Gasteiger partial charge in [-0.05, 0) is 35.9 Å². The third-order valence-corrected chi connectivity index (χ3v) is 3.51. The summed E-state index contributed by atoms with van der Waals surface area (Å²) in [5.74, 6) is 1.01. The number of benzene rings is 2. The van der Waals surface area contributed by atoms with Crippen LogP contribution in [0.1, 0.15) is 11.1 Å². The van der Waals surface area contributed by atoms with Gasteiger partial charge in [0.15, 0.2) is 6.61 Å². The van der Waals surface area contributed by atoms with Crippen LogP contribution in [-0.4, -0.2) is 32.9 Å².